The first-order chi connectivity index (χ1) is 15.0. The zero-order valence-corrected chi connectivity index (χ0v) is 16.7. The predicted octanol–water partition coefficient (Wildman–Crippen LogP) is 4.52. The minimum atomic E-state index is -1.06. The summed E-state index contributed by atoms with van der Waals surface area (Å²) in [6.07, 6.45) is 2.77. The van der Waals surface area contributed by atoms with Gasteiger partial charge in [-0.15, -0.1) is 0 Å². The second kappa shape index (κ2) is 8.75. The molecule has 0 radical (unpaired) electrons. The highest BCUT2D eigenvalue weighted by molar-refractivity contribution is 5.93. The normalized spacial score (nSPS) is 12.4. The molecule has 0 saturated carbocycles. The fourth-order valence-corrected chi connectivity index (χ4v) is 3.88. The predicted molar refractivity (Wildman–Crippen MR) is 120 cm³/mol. The van der Waals surface area contributed by atoms with E-state index in [1.54, 1.807) is 24.3 Å². The lowest BCUT2D eigenvalue weighted by molar-refractivity contribution is 0.0696. The number of carboxylic acids is 1. The van der Waals surface area contributed by atoms with Gasteiger partial charge in [0, 0.05) is 18.2 Å². The number of carboxylic acid groups (broad SMARTS) is 1. The highest BCUT2D eigenvalue weighted by atomic mass is 16.5. The summed E-state index contributed by atoms with van der Waals surface area (Å²) in [5.41, 5.74) is 11.3. The smallest absolute Gasteiger partial charge is 0.407 e. The fourth-order valence-electron chi connectivity index (χ4n) is 3.88. The zero-order valence-electron chi connectivity index (χ0n) is 16.7. The van der Waals surface area contributed by atoms with E-state index >= 15 is 0 Å². The second-order valence-electron chi connectivity index (χ2n) is 7.26. The summed E-state index contributed by atoms with van der Waals surface area (Å²) < 4.78 is 5.48. The number of hydrogen-bond acceptors (Lipinski definition) is 4. The van der Waals surface area contributed by atoms with E-state index in [-0.39, 0.29) is 24.6 Å². The van der Waals surface area contributed by atoms with Gasteiger partial charge in [-0.3, -0.25) is 0 Å². The number of rotatable bonds is 6. The Hall–Kier alpha value is -4.06. The molecule has 4 rings (SSSR count). The van der Waals surface area contributed by atoms with Crippen LogP contribution < -0.4 is 11.1 Å². The minimum Gasteiger partial charge on any atom is -0.478 e. The monoisotopic (exact) mass is 414 g/mol. The van der Waals surface area contributed by atoms with E-state index < -0.39 is 12.1 Å². The number of benzene rings is 3. The summed E-state index contributed by atoms with van der Waals surface area (Å²) in [7, 11) is 0. The van der Waals surface area contributed by atoms with E-state index in [2.05, 4.69) is 29.6 Å². The Morgan fingerprint density at radius 3 is 2.29 bits per heavy atom. The van der Waals surface area contributed by atoms with Crippen molar-refractivity contribution in [1.29, 1.82) is 0 Å². The standard InChI is InChI=1S/C25H22N2O4/c26-17-12-11-16(22(14-17)24(28)29)6-5-13-27-25(30)31-15-23-20-9-3-1-7-18(20)19-8-2-4-10-21(19)23/h1-12,14,23H,13,15,26H2,(H,27,30)(H,28,29). The summed E-state index contributed by atoms with van der Waals surface area (Å²) >= 11 is 0. The van der Waals surface area contributed by atoms with Crippen molar-refractivity contribution in [3.05, 3.63) is 95.1 Å². The van der Waals surface area contributed by atoms with Gasteiger partial charge in [0.2, 0.25) is 0 Å². The number of carbonyl (C=O) groups excluding carboxylic acids is 1. The molecule has 0 atom stereocenters. The van der Waals surface area contributed by atoms with Gasteiger partial charge in [0.05, 0.1) is 5.56 Å². The van der Waals surface area contributed by atoms with Gasteiger partial charge in [0.25, 0.3) is 0 Å². The molecule has 0 spiro atoms. The van der Waals surface area contributed by atoms with Crippen LogP contribution >= 0.6 is 0 Å². The summed E-state index contributed by atoms with van der Waals surface area (Å²) in [6, 6.07) is 21.0. The van der Waals surface area contributed by atoms with E-state index in [0.717, 1.165) is 11.1 Å². The number of hydrogen-bond donors (Lipinski definition) is 3. The molecule has 31 heavy (non-hydrogen) atoms. The molecule has 1 aliphatic rings. The molecule has 156 valence electrons. The first kappa shape index (κ1) is 20.2. The van der Waals surface area contributed by atoms with Crippen LogP contribution in [0.4, 0.5) is 10.5 Å². The van der Waals surface area contributed by atoms with Crippen LogP contribution in [-0.4, -0.2) is 30.3 Å². The van der Waals surface area contributed by atoms with Gasteiger partial charge in [0.1, 0.15) is 6.61 Å². The minimum absolute atomic E-state index is 0.00148. The number of fused-ring (bicyclic) bond motifs is 3. The van der Waals surface area contributed by atoms with Crippen LogP contribution in [0.3, 0.4) is 0 Å². The average Bonchev–Trinajstić information content (AvgIpc) is 3.10. The number of nitrogens with one attached hydrogen (secondary N) is 1. The van der Waals surface area contributed by atoms with Crippen LogP contribution in [0.5, 0.6) is 0 Å². The van der Waals surface area contributed by atoms with Crippen molar-refractivity contribution in [2.24, 2.45) is 0 Å². The van der Waals surface area contributed by atoms with Crippen molar-refractivity contribution >= 4 is 23.8 Å². The first-order valence-corrected chi connectivity index (χ1v) is 9.93. The molecule has 0 heterocycles. The van der Waals surface area contributed by atoms with Crippen molar-refractivity contribution in [2.75, 3.05) is 18.9 Å². The number of alkyl carbamates (subject to hydrolysis) is 1. The van der Waals surface area contributed by atoms with Gasteiger partial charge >= 0.3 is 12.1 Å². The second-order valence-corrected chi connectivity index (χ2v) is 7.26. The molecule has 0 unspecified atom stereocenters. The Balaban J connectivity index is 1.35. The third-order valence-electron chi connectivity index (χ3n) is 5.31. The van der Waals surface area contributed by atoms with Gasteiger partial charge in [-0.05, 0) is 39.9 Å². The number of ether oxygens (including phenoxy) is 1. The van der Waals surface area contributed by atoms with Crippen molar-refractivity contribution in [2.45, 2.75) is 5.92 Å². The Bertz CT molecular complexity index is 1120. The topological polar surface area (TPSA) is 102 Å². The summed E-state index contributed by atoms with van der Waals surface area (Å²) in [5, 5.41) is 11.9. The van der Waals surface area contributed by atoms with Gasteiger partial charge in [0.15, 0.2) is 0 Å². The fraction of sp³-hybridized carbons (Fsp3) is 0.120. The van der Waals surface area contributed by atoms with Crippen LogP contribution in [0, 0.1) is 0 Å². The van der Waals surface area contributed by atoms with Crippen LogP contribution in [0.2, 0.25) is 0 Å². The van der Waals surface area contributed by atoms with Gasteiger partial charge < -0.3 is 20.9 Å². The zero-order chi connectivity index (χ0) is 21.8. The molecule has 3 aromatic rings. The Kier molecular flexibility index (Phi) is 5.71. The van der Waals surface area contributed by atoms with E-state index in [4.69, 9.17) is 10.5 Å². The van der Waals surface area contributed by atoms with Gasteiger partial charge in [-0.25, -0.2) is 9.59 Å². The first-order valence-electron chi connectivity index (χ1n) is 9.93. The van der Waals surface area contributed by atoms with Crippen molar-refractivity contribution in [3.8, 4) is 11.1 Å². The molecule has 3 aromatic carbocycles. The Labute approximate surface area is 180 Å². The van der Waals surface area contributed by atoms with Crippen LogP contribution in [0.25, 0.3) is 17.2 Å². The third kappa shape index (κ3) is 4.28. The number of carbonyl (C=O) groups is 2. The molecule has 6 heteroatoms. The maximum absolute atomic E-state index is 12.2. The van der Waals surface area contributed by atoms with E-state index in [0.29, 0.717) is 11.3 Å². The molecular formula is C25H22N2O4. The number of amides is 1. The Morgan fingerprint density at radius 2 is 1.65 bits per heavy atom. The van der Waals surface area contributed by atoms with E-state index in [9.17, 15) is 14.7 Å². The summed E-state index contributed by atoms with van der Waals surface area (Å²) in [4.78, 5) is 23.5. The molecule has 6 nitrogen and oxygen atoms in total. The molecule has 0 bridgehead atoms. The quantitative estimate of drug-likeness (QED) is 0.515. The van der Waals surface area contributed by atoms with Crippen LogP contribution in [0.15, 0.2) is 72.8 Å². The number of nitrogen functional groups attached to an aromatic ring is 1. The lowest BCUT2D eigenvalue weighted by Gasteiger charge is -2.14. The lowest BCUT2D eigenvalue weighted by Crippen LogP contribution is -2.26. The van der Waals surface area contributed by atoms with Crippen molar-refractivity contribution in [3.63, 3.8) is 0 Å². The number of aromatic carboxylic acids is 1. The van der Waals surface area contributed by atoms with E-state index in [1.807, 2.05) is 24.3 Å². The molecule has 0 aliphatic heterocycles. The largest absolute Gasteiger partial charge is 0.478 e. The molecule has 0 saturated heterocycles. The molecule has 4 N–H and O–H groups in total. The van der Waals surface area contributed by atoms with Crippen molar-refractivity contribution < 1.29 is 19.4 Å². The van der Waals surface area contributed by atoms with Crippen LogP contribution in [0.1, 0.15) is 33.0 Å². The maximum Gasteiger partial charge on any atom is 0.407 e. The van der Waals surface area contributed by atoms with Crippen molar-refractivity contribution in [1.82, 2.24) is 5.32 Å². The third-order valence-corrected chi connectivity index (χ3v) is 5.31. The molecule has 1 aliphatic carbocycles. The Morgan fingerprint density at radius 1 is 1.00 bits per heavy atom. The number of nitrogens with two attached hydrogens (primary N) is 1. The average molecular weight is 414 g/mol. The van der Waals surface area contributed by atoms with E-state index in [1.165, 1.54) is 17.2 Å². The molecular weight excluding hydrogens is 392 g/mol. The molecule has 1 amide bonds. The van der Waals surface area contributed by atoms with Gasteiger partial charge in [-0.2, -0.15) is 0 Å². The highest BCUT2D eigenvalue weighted by Crippen LogP contribution is 2.44. The summed E-state index contributed by atoms with van der Waals surface area (Å²) in [6.45, 7) is 0.449. The lowest BCUT2D eigenvalue weighted by atomic mass is 9.98. The molecule has 0 fully saturated rings. The maximum atomic E-state index is 12.2. The summed E-state index contributed by atoms with van der Waals surface area (Å²) in [5.74, 6) is -1.06. The number of anilines is 1. The molecule has 0 aromatic heterocycles. The van der Waals surface area contributed by atoms with Crippen LogP contribution in [-0.2, 0) is 4.74 Å². The highest BCUT2D eigenvalue weighted by Gasteiger charge is 2.28. The SMILES string of the molecule is Nc1ccc(C=CCNC(=O)OCC2c3ccccc3-c3ccccc32)c(C(=O)O)c1. The van der Waals surface area contributed by atoms with Gasteiger partial charge in [-0.1, -0.05) is 66.7 Å².